The van der Waals surface area contributed by atoms with Crippen LogP contribution in [0.15, 0.2) is 83.9 Å². The Labute approximate surface area is 176 Å². The highest BCUT2D eigenvalue weighted by Crippen LogP contribution is 2.34. The van der Waals surface area contributed by atoms with Crippen molar-refractivity contribution in [3.8, 4) is 0 Å². The predicted molar refractivity (Wildman–Crippen MR) is 121 cm³/mol. The molecule has 2 N–H and O–H groups in total. The van der Waals surface area contributed by atoms with Gasteiger partial charge in [0.15, 0.2) is 0 Å². The first-order chi connectivity index (χ1) is 14.7. The number of hydrogen-bond donors (Lipinski definition) is 2. The van der Waals surface area contributed by atoms with Gasteiger partial charge < -0.3 is 15.5 Å². The molecule has 5 heteroatoms. The molecule has 0 saturated heterocycles. The summed E-state index contributed by atoms with van der Waals surface area (Å²) in [7, 11) is 0. The highest BCUT2D eigenvalue weighted by Gasteiger charge is 2.29. The Morgan fingerprint density at radius 1 is 0.967 bits per heavy atom. The van der Waals surface area contributed by atoms with E-state index >= 15 is 0 Å². The van der Waals surface area contributed by atoms with Crippen molar-refractivity contribution in [2.75, 3.05) is 17.2 Å². The summed E-state index contributed by atoms with van der Waals surface area (Å²) >= 11 is 0. The summed E-state index contributed by atoms with van der Waals surface area (Å²) in [6.07, 6.45) is 0. The molecule has 150 valence electrons. The van der Waals surface area contributed by atoms with Gasteiger partial charge in [-0.25, -0.2) is 0 Å². The standard InChI is InChI=1S/C25H24N4O/c1-17-15-26-24(29(17)16-18-8-4-2-5-9-18)20-12-13-21-22(14-20)28-25(30)23(27-21)19-10-6-3-7-11-19/h2-14,17,23,27H,15-16H2,1H3,(H,28,30). The second-order valence-electron chi connectivity index (χ2n) is 7.86. The maximum absolute atomic E-state index is 12.7. The smallest absolute Gasteiger partial charge is 0.251 e. The van der Waals surface area contributed by atoms with Crippen LogP contribution in [0, 0.1) is 0 Å². The molecule has 5 nitrogen and oxygen atoms in total. The Balaban J connectivity index is 1.41. The van der Waals surface area contributed by atoms with Crippen molar-refractivity contribution in [1.82, 2.24) is 4.90 Å². The number of amidine groups is 1. The van der Waals surface area contributed by atoms with Crippen molar-refractivity contribution in [3.63, 3.8) is 0 Å². The van der Waals surface area contributed by atoms with Crippen LogP contribution in [-0.2, 0) is 11.3 Å². The Kier molecular flexibility index (Phi) is 4.71. The lowest BCUT2D eigenvalue weighted by Gasteiger charge is -2.29. The first kappa shape index (κ1) is 18.4. The highest BCUT2D eigenvalue weighted by molar-refractivity contribution is 6.07. The lowest BCUT2D eigenvalue weighted by atomic mass is 10.0. The van der Waals surface area contributed by atoms with Crippen LogP contribution in [0.1, 0.15) is 29.7 Å². The van der Waals surface area contributed by atoms with Crippen LogP contribution in [-0.4, -0.2) is 29.2 Å². The first-order valence-electron chi connectivity index (χ1n) is 10.3. The Morgan fingerprint density at radius 3 is 2.47 bits per heavy atom. The van der Waals surface area contributed by atoms with Crippen molar-refractivity contribution in [2.45, 2.75) is 25.6 Å². The van der Waals surface area contributed by atoms with Crippen molar-refractivity contribution in [3.05, 3.63) is 95.6 Å². The minimum atomic E-state index is -0.386. The average molecular weight is 396 g/mol. The molecule has 2 unspecified atom stereocenters. The van der Waals surface area contributed by atoms with Crippen LogP contribution < -0.4 is 10.6 Å². The lowest BCUT2D eigenvalue weighted by Crippen LogP contribution is -2.35. The fourth-order valence-corrected chi connectivity index (χ4v) is 4.10. The largest absolute Gasteiger partial charge is 0.368 e. The zero-order valence-corrected chi connectivity index (χ0v) is 16.9. The number of fused-ring (bicyclic) bond motifs is 1. The molecule has 0 spiro atoms. The van der Waals surface area contributed by atoms with Gasteiger partial charge in [-0.15, -0.1) is 0 Å². The van der Waals surface area contributed by atoms with Gasteiger partial charge in [-0.05, 0) is 36.2 Å². The molecule has 30 heavy (non-hydrogen) atoms. The summed E-state index contributed by atoms with van der Waals surface area (Å²) in [5, 5.41) is 6.45. The molecule has 2 heterocycles. The summed E-state index contributed by atoms with van der Waals surface area (Å²) in [6, 6.07) is 26.3. The zero-order valence-electron chi connectivity index (χ0n) is 16.9. The molecule has 2 aliphatic rings. The molecule has 0 aromatic heterocycles. The van der Waals surface area contributed by atoms with E-state index in [0.29, 0.717) is 6.04 Å². The first-order valence-corrected chi connectivity index (χ1v) is 10.3. The molecule has 2 aliphatic heterocycles. The van der Waals surface area contributed by atoms with E-state index in [1.807, 2.05) is 48.5 Å². The van der Waals surface area contributed by atoms with Gasteiger partial charge in [-0.1, -0.05) is 60.7 Å². The van der Waals surface area contributed by atoms with E-state index in [1.165, 1.54) is 5.56 Å². The number of carbonyl (C=O) groups excluding carboxylic acids is 1. The number of rotatable bonds is 4. The quantitative estimate of drug-likeness (QED) is 0.685. The Hall–Kier alpha value is -3.60. The van der Waals surface area contributed by atoms with E-state index < -0.39 is 0 Å². The zero-order chi connectivity index (χ0) is 20.5. The number of nitrogens with one attached hydrogen (secondary N) is 2. The van der Waals surface area contributed by atoms with Crippen molar-refractivity contribution < 1.29 is 4.79 Å². The fourth-order valence-electron chi connectivity index (χ4n) is 4.10. The summed E-state index contributed by atoms with van der Waals surface area (Å²) in [6.45, 7) is 3.80. The van der Waals surface area contributed by atoms with E-state index in [9.17, 15) is 4.79 Å². The molecule has 0 fully saturated rings. The monoisotopic (exact) mass is 396 g/mol. The van der Waals surface area contributed by atoms with Crippen LogP contribution >= 0.6 is 0 Å². The number of amides is 1. The van der Waals surface area contributed by atoms with Gasteiger partial charge in [0.05, 0.1) is 17.9 Å². The molecule has 3 aromatic carbocycles. The normalized spacial score (nSPS) is 20.2. The average Bonchev–Trinajstić information content (AvgIpc) is 3.14. The molecule has 0 aliphatic carbocycles. The molecule has 2 atom stereocenters. The van der Waals surface area contributed by atoms with Crippen molar-refractivity contribution in [2.24, 2.45) is 4.99 Å². The molecular formula is C25H24N4O. The second-order valence-corrected chi connectivity index (χ2v) is 7.86. The lowest BCUT2D eigenvalue weighted by molar-refractivity contribution is -0.117. The van der Waals surface area contributed by atoms with Gasteiger partial charge in [-0.2, -0.15) is 0 Å². The number of aliphatic imine (C=N–C) groups is 1. The topological polar surface area (TPSA) is 56.7 Å². The predicted octanol–water partition coefficient (Wildman–Crippen LogP) is 4.44. The maximum atomic E-state index is 12.7. The van der Waals surface area contributed by atoms with E-state index in [0.717, 1.165) is 41.4 Å². The Morgan fingerprint density at radius 2 is 1.70 bits per heavy atom. The summed E-state index contributed by atoms with van der Waals surface area (Å²) in [5.74, 6) is 0.933. The minimum Gasteiger partial charge on any atom is -0.368 e. The van der Waals surface area contributed by atoms with Gasteiger partial charge >= 0.3 is 0 Å². The third kappa shape index (κ3) is 3.43. The van der Waals surface area contributed by atoms with Crippen molar-refractivity contribution >= 4 is 23.1 Å². The minimum absolute atomic E-state index is 0.0475. The van der Waals surface area contributed by atoms with Gasteiger partial charge in [0, 0.05) is 18.2 Å². The van der Waals surface area contributed by atoms with E-state index in [1.54, 1.807) is 0 Å². The van der Waals surface area contributed by atoms with Gasteiger partial charge in [-0.3, -0.25) is 9.79 Å². The van der Waals surface area contributed by atoms with E-state index in [-0.39, 0.29) is 11.9 Å². The van der Waals surface area contributed by atoms with Crippen LogP contribution in [0.25, 0.3) is 0 Å². The molecule has 1 amide bonds. The molecule has 0 radical (unpaired) electrons. The van der Waals surface area contributed by atoms with E-state index in [2.05, 4.69) is 52.8 Å². The Bertz CT molecular complexity index is 1090. The summed E-state index contributed by atoms with van der Waals surface area (Å²) in [4.78, 5) is 19.9. The number of anilines is 2. The fraction of sp³-hybridized carbons (Fsp3) is 0.200. The molecule has 3 aromatic rings. The van der Waals surface area contributed by atoms with Gasteiger partial charge in [0.25, 0.3) is 5.91 Å². The van der Waals surface area contributed by atoms with Crippen LogP contribution in [0.3, 0.4) is 0 Å². The SMILES string of the molecule is CC1CN=C(c2ccc3c(c2)NC(=O)C(c2ccccc2)N3)N1Cc1ccccc1. The number of benzene rings is 3. The molecule has 0 bridgehead atoms. The maximum Gasteiger partial charge on any atom is 0.251 e. The number of carbonyl (C=O) groups is 1. The van der Waals surface area contributed by atoms with Crippen LogP contribution in [0.5, 0.6) is 0 Å². The number of nitrogens with zero attached hydrogens (tertiary/aromatic N) is 2. The van der Waals surface area contributed by atoms with Crippen molar-refractivity contribution in [1.29, 1.82) is 0 Å². The molecular weight excluding hydrogens is 372 g/mol. The molecule has 5 rings (SSSR count). The van der Waals surface area contributed by atoms with E-state index in [4.69, 9.17) is 4.99 Å². The van der Waals surface area contributed by atoms with Gasteiger partial charge in [0.1, 0.15) is 11.9 Å². The van der Waals surface area contributed by atoms with Crippen LogP contribution in [0.4, 0.5) is 11.4 Å². The summed E-state index contributed by atoms with van der Waals surface area (Å²) in [5.41, 5.74) is 4.96. The second kappa shape index (κ2) is 7.67. The number of hydrogen-bond acceptors (Lipinski definition) is 4. The third-order valence-electron chi connectivity index (χ3n) is 5.74. The summed E-state index contributed by atoms with van der Waals surface area (Å²) < 4.78 is 0. The molecule has 0 saturated carbocycles. The van der Waals surface area contributed by atoms with Gasteiger partial charge in [0.2, 0.25) is 0 Å². The van der Waals surface area contributed by atoms with Crippen LogP contribution in [0.2, 0.25) is 0 Å². The third-order valence-corrected chi connectivity index (χ3v) is 5.74. The highest BCUT2D eigenvalue weighted by atomic mass is 16.2.